The Morgan fingerprint density at radius 3 is 0.966 bits per heavy atom. The van der Waals surface area contributed by atoms with Gasteiger partial charge >= 0.3 is 0 Å². The van der Waals surface area contributed by atoms with Crippen molar-refractivity contribution in [2.75, 3.05) is 20.3 Å². The molecule has 0 radical (unpaired) electrons. The van der Waals surface area contributed by atoms with Crippen molar-refractivity contribution >= 4 is 6.47 Å². The van der Waals surface area contributed by atoms with Crippen LogP contribution in [0.15, 0.2) is 0 Å². The first-order valence-corrected chi connectivity index (χ1v) is 12.9. The highest BCUT2D eigenvalue weighted by molar-refractivity contribution is 5.36. The molecule has 3 heteroatoms. The molecule has 0 fully saturated rings. The van der Waals surface area contributed by atoms with Gasteiger partial charge in [-0.25, -0.2) is 0 Å². The highest BCUT2D eigenvalue weighted by Crippen LogP contribution is 2.12. The molecule has 0 N–H and O–H groups in total. The van der Waals surface area contributed by atoms with Crippen LogP contribution in [-0.4, -0.2) is 26.8 Å². The Morgan fingerprint density at radius 2 is 0.724 bits per heavy atom. The summed E-state index contributed by atoms with van der Waals surface area (Å²) in [7, 11) is 1.31. The molecule has 0 aliphatic heterocycles. The third kappa shape index (κ3) is 35.3. The number of methoxy groups -OCH3 is 1. The van der Waals surface area contributed by atoms with Gasteiger partial charge in [-0.3, -0.25) is 4.79 Å². The fraction of sp³-hybridized carbons (Fsp3) is 0.962. The molecule has 0 aliphatic carbocycles. The lowest BCUT2D eigenvalue weighted by Crippen LogP contribution is -1.97. The number of unbranched alkanes of at least 4 members (excludes halogenated alkanes) is 18. The van der Waals surface area contributed by atoms with E-state index in [0.29, 0.717) is 6.47 Å². The Morgan fingerprint density at radius 1 is 0.483 bits per heavy atom. The summed E-state index contributed by atoms with van der Waals surface area (Å²) in [5.74, 6) is 0. The van der Waals surface area contributed by atoms with Crippen LogP contribution in [0.5, 0.6) is 0 Å². The van der Waals surface area contributed by atoms with Gasteiger partial charge in [0, 0.05) is 13.2 Å². The molecule has 3 nitrogen and oxygen atoms in total. The van der Waals surface area contributed by atoms with Crippen molar-refractivity contribution in [3.05, 3.63) is 0 Å². The van der Waals surface area contributed by atoms with Gasteiger partial charge in [0.2, 0.25) is 0 Å². The van der Waals surface area contributed by atoms with E-state index in [1.165, 1.54) is 136 Å². The molecule has 0 bridgehead atoms. The van der Waals surface area contributed by atoms with Gasteiger partial charge in [-0.2, -0.15) is 0 Å². The smallest absolute Gasteiger partial charge is 0.292 e. The Hall–Kier alpha value is -0.570. The summed E-state index contributed by atoms with van der Waals surface area (Å²) in [5, 5.41) is 0. The second kappa shape index (κ2) is 32.1. The lowest BCUT2D eigenvalue weighted by Gasteiger charge is -2.05. The largest absolute Gasteiger partial charge is 0.471 e. The van der Waals surface area contributed by atoms with Gasteiger partial charge in [-0.1, -0.05) is 129 Å². The van der Waals surface area contributed by atoms with Crippen molar-refractivity contribution in [3.63, 3.8) is 0 Å². The molecule has 0 heterocycles. The molecule has 176 valence electrons. The Kier molecular flexibility index (Phi) is 33.9. The molecule has 0 saturated heterocycles. The van der Waals surface area contributed by atoms with Crippen LogP contribution < -0.4 is 0 Å². The van der Waals surface area contributed by atoms with Crippen LogP contribution in [-0.2, 0) is 14.3 Å². The fourth-order valence-corrected chi connectivity index (χ4v) is 3.49. The molecule has 0 unspecified atom stereocenters. The van der Waals surface area contributed by atoms with E-state index in [1.54, 1.807) is 0 Å². The number of ether oxygens (including phenoxy) is 2. The summed E-state index contributed by atoms with van der Waals surface area (Å²) < 4.78 is 9.64. The summed E-state index contributed by atoms with van der Waals surface area (Å²) in [4.78, 5) is 8.95. The lowest BCUT2D eigenvalue weighted by atomic mass is 10.1. The van der Waals surface area contributed by atoms with Crippen LogP contribution in [0, 0.1) is 0 Å². The van der Waals surface area contributed by atoms with Crippen molar-refractivity contribution in [1.29, 1.82) is 0 Å². The summed E-state index contributed by atoms with van der Waals surface area (Å²) in [6.45, 7) is 6.94. The molecule has 0 atom stereocenters. The second-order valence-corrected chi connectivity index (χ2v) is 8.31. The predicted octanol–water partition coefficient (Wildman–Crippen LogP) is 8.63. The molecule has 0 amide bonds. The summed E-state index contributed by atoms with van der Waals surface area (Å²) in [6.07, 6.45) is 28.2. The van der Waals surface area contributed by atoms with Crippen LogP contribution in [0.4, 0.5) is 0 Å². The molecular weight excluding hydrogens is 360 g/mol. The first-order valence-electron chi connectivity index (χ1n) is 12.9. The van der Waals surface area contributed by atoms with Crippen LogP contribution in [0.3, 0.4) is 0 Å². The topological polar surface area (TPSA) is 35.5 Å². The second-order valence-electron chi connectivity index (χ2n) is 8.31. The Balaban J connectivity index is 0. The SMILES string of the molecule is CCCCCCCCCCCCOCCCCCCCCCCCC.COC=O. The van der Waals surface area contributed by atoms with Crippen LogP contribution >= 0.6 is 0 Å². The minimum Gasteiger partial charge on any atom is -0.471 e. The number of hydrogen-bond donors (Lipinski definition) is 0. The van der Waals surface area contributed by atoms with Gasteiger partial charge in [0.05, 0.1) is 7.11 Å². The summed E-state index contributed by atoms with van der Waals surface area (Å²) in [5.41, 5.74) is 0. The maximum Gasteiger partial charge on any atom is 0.292 e. The van der Waals surface area contributed by atoms with E-state index in [1.807, 2.05) is 0 Å². The van der Waals surface area contributed by atoms with E-state index >= 15 is 0 Å². The molecule has 0 rings (SSSR count). The third-order valence-corrected chi connectivity index (χ3v) is 5.38. The van der Waals surface area contributed by atoms with E-state index in [9.17, 15) is 0 Å². The minimum atomic E-state index is 0.375. The van der Waals surface area contributed by atoms with Crippen LogP contribution in [0.2, 0.25) is 0 Å². The maximum atomic E-state index is 8.95. The average Bonchev–Trinajstić information content (AvgIpc) is 2.75. The van der Waals surface area contributed by atoms with E-state index in [2.05, 4.69) is 18.6 Å². The molecule has 0 aromatic carbocycles. The molecule has 0 spiro atoms. The number of carbonyl (C=O) groups is 1. The average molecular weight is 415 g/mol. The fourth-order valence-electron chi connectivity index (χ4n) is 3.49. The van der Waals surface area contributed by atoms with Gasteiger partial charge in [-0.05, 0) is 12.8 Å². The van der Waals surface area contributed by atoms with Gasteiger partial charge in [0.1, 0.15) is 0 Å². The summed E-state index contributed by atoms with van der Waals surface area (Å²) >= 11 is 0. The van der Waals surface area contributed by atoms with Crippen molar-refractivity contribution in [1.82, 2.24) is 0 Å². The zero-order chi connectivity index (χ0) is 21.7. The maximum absolute atomic E-state index is 8.95. The highest BCUT2D eigenvalue weighted by atomic mass is 16.5. The number of hydrogen-bond acceptors (Lipinski definition) is 3. The van der Waals surface area contributed by atoms with Crippen LogP contribution in [0.25, 0.3) is 0 Å². The molecule has 0 aromatic heterocycles. The van der Waals surface area contributed by atoms with Gasteiger partial charge < -0.3 is 9.47 Å². The zero-order valence-electron chi connectivity index (χ0n) is 20.4. The van der Waals surface area contributed by atoms with Crippen molar-refractivity contribution < 1.29 is 14.3 Å². The van der Waals surface area contributed by atoms with E-state index < -0.39 is 0 Å². The molecule has 0 aliphatic rings. The number of carbonyl (C=O) groups excluding carboxylic acids is 1. The molecule has 0 aromatic rings. The first-order chi connectivity index (χ1) is 14.3. The van der Waals surface area contributed by atoms with E-state index in [-0.39, 0.29) is 0 Å². The normalized spacial score (nSPS) is 10.4. The van der Waals surface area contributed by atoms with Gasteiger partial charge in [-0.15, -0.1) is 0 Å². The third-order valence-electron chi connectivity index (χ3n) is 5.38. The first kappa shape index (κ1) is 30.6. The Bertz CT molecular complexity index is 247. The standard InChI is InChI=1S/C24H50O.C2H4O2/c1-3-5-7-9-11-13-15-17-19-21-23-25-24-22-20-18-16-14-12-10-8-6-4-2;1-4-2-3/h3-24H2,1-2H3;2H,1H3. The van der Waals surface area contributed by atoms with Crippen molar-refractivity contribution in [2.24, 2.45) is 0 Å². The van der Waals surface area contributed by atoms with Crippen molar-refractivity contribution in [2.45, 2.75) is 142 Å². The van der Waals surface area contributed by atoms with Gasteiger partial charge in [0.25, 0.3) is 6.47 Å². The predicted molar refractivity (Wildman–Crippen MR) is 128 cm³/mol. The van der Waals surface area contributed by atoms with Gasteiger partial charge in [0.15, 0.2) is 0 Å². The Labute approximate surface area is 183 Å². The molecule has 0 saturated carbocycles. The minimum absolute atomic E-state index is 0.375. The van der Waals surface area contributed by atoms with Crippen molar-refractivity contribution in [3.8, 4) is 0 Å². The molecular formula is C26H54O3. The summed E-state index contributed by atoms with van der Waals surface area (Å²) in [6, 6.07) is 0. The monoisotopic (exact) mass is 414 g/mol. The van der Waals surface area contributed by atoms with E-state index in [4.69, 9.17) is 9.53 Å². The number of rotatable bonds is 23. The lowest BCUT2D eigenvalue weighted by molar-refractivity contribution is -0.126. The highest BCUT2D eigenvalue weighted by Gasteiger charge is 1.95. The quantitative estimate of drug-likeness (QED) is 0.124. The van der Waals surface area contributed by atoms with E-state index in [0.717, 1.165) is 13.2 Å². The molecule has 29 heavy (non-hydrogen) atoms. The zero-order valence-corrected chi connectivity index (χ0v) is 20.4. The van der Waals surface area contributed by atoms with Crippen LogP contribution in [0.1, 0.15) is 142 Å².